The van der Waals surface area contributed by atoms with Crippen LogP contribution in [0.25, 0.3) is 11.3 Å². The predicted molar refractivity (Wildman–Crippen MR) is 120 cm³/mol. The summed E-state index contributed by atoms with van der Waals surface area (Å²) in [4.78, 5) is 17.1. The second-order valence-corrected chi connectivity index (χ2v) is 7.52. The van der Waals surface area contributed by atoms with Crippen LogP contribution in [0.4, 0.5) is 0 Å². The normalized spacial score (nSPS) is 11.2. The number of carbonyl (C=O) groups excluding carboxylic acids is 1. The Balaban J connectivity index is 1.15. The van der Waals surface area contributed by atoms with Gasteiger partial charge < -0.3 is 14.5 Å². The van der Waals surface area contributed by atoms with Gasteiger partial charge in [-0.3, -0.25) is 9.20 Å². The Morgan fingerprint density at radius 2 is 1.91 bits per heavy atom. The molecule has 0 aliphatic rings. The van der Waals surface area contributed by atoms with Crippen molar-refractivity contribution >= 4 is 17.2 Å². The van der Waals surface area contributed by atoms with Gasteiger partial charge in [0.1, 0.15) is 23.8 Å². The molecule has 1 aromatic carbocycles. The maximum atomic E-state index is 12.5. The van der Waals surface area contributed by atoms with Crippen LogP contribution in [0.15, 0.2) is 73.2 Å². The summed E-state index contributed by atoms with van der Waals surface area (Å²) in [5.41, 5.74) is 4.26. The third-order valence-corrected chi connectivity index (χ3v) is 5.25. The lowest BCUT2D eigenvalue weighted by Gasteiger charge is -2.07. The van der Waals surface area contributed by atoms with Gasteiger partial charge in [0.15, 0.2) is 5.65 Å². The standard InChI is InChI=1S/C24H22N6O2/c1-17-5-4-13-29-15-19(26-23(17)29)16-32-20-9-7-18(8-10-20)24(31)25-12-11-22-28-27-21-6-2-3-14-30(21)22/h2-10,13-15H,11-12,16H2,1H3,(H,25,31). The van der Waals surface area contributed by atoms with Gasteiger partial charge in [0.25, 0.3) is 5.91 Å². The number of aryl methyl sites for hydroxylation is 1. The fraction of sp³-hybridized carbons (Fsp3) is 0.167. The summed E-state index contributed by atoms with van der Waals surface area (Å²) in [6.07, 6.45) is 6.44. The van der Waals surface area contributed by atoms with E-state index in [4.69, 9.17) is 4.74 Å². The molecule has 8 heteroatoms. The van der Waals surface area contributed by atoms with Crippen molar-refractivity contribution in [1.82, 2.24) is 29.3 Å². The molecule has 5 rings (SSSR count). The highest BCUT2D eigenvalue weighted by molar-refractivity contribution is 5.94. The van der Waals surface area contributed by atoms with E-state index in [9.17, 15) is 4.79 Å². The number of fused-ring (bicyclic) bond motifs is 2. The van der Waals surface area contributed by atoms with Crippen molar-refractivity contribution in [3.8, 4) is 5.75 Å². The molecular weight excluding hydrogens is 404 g/mol. The Bertz CT molecular complexity index is 1390. The number of ether oxygens (including phenoxy) is 1. The minimum atomic E-state index is -0.138. The molecule has 0 atom stereocenters. The number of amides is 1. The highest BCUT2D eigenvalue weighted by Gasteiger charge is 2.09. The number of benzene rings is 1. The molecule has 0 saturated heterocycles. The van der Waals surface area contributed by atoms with Gasteiger partial charge in [-0.15, -0.1) is 10.2 Å². The number of hydrogen-bond acceptors (Lipinski definition) is 5. The molecule has 8 nitrogen and oxygen atoms in total. The van der Waals surface area contributed by atoms with Gasteiger partial charge in [-0.1, -0.05) is 12.1 Å². The zero-order valence-corrected chi connectivity index (χ0v) is 17.6. The van der Waals surface area contributed by atoms with E-state index in [0.717, 1.165) is 28.4 Å². The predicted octanol–water partition coefficient (Wildman–Crippen LogP) is 3.24. The monoisotopic (exact) mass is 426 g/mol. The zero-order chi connectivity index (χ0) is 21.9. The number of rotatable bonds is 7. The number of imidazole rings is 1. The van der Waals surface area contributed by atoms with Crippen LogP contribution in [0.1, 0.15) is 27.4 Å². The third-order valence-electron chi connectivity index (χ3n) is 5.25. The van der Waals surface area contributed by atoms with E-state index in [0.29, 0.717) is 30.9 Å². The van der Waals surface area contributed by atoms with Gasteiger partial charge in [0.2, 0.25) is 0 Å². The van der Waals surface area contributed by atoms with Crippen LogP contribution in [0.5, 0.6) is 5.75 Å². The van der Waals surface area contributed by atoms with Crippen molar-refractivity contribution in [1.29, 1.82) is 0 Å². The lowest BCUT2D eigenvalue weighted by atomic mass is 10.2. The SMILES string of the molecule is Cc1cccn2cc(COc3ccc(C(=O)NCCc4nnc5ccccn45)cc3)nc12. The molecule has 4 aromatic heterocycles. The van der Waals surface area contributed by atoms with Gasteiger partial charge in [-0.25, -0.2) is 4.98 Å². The number of nitrogens with zero attached hydrogens (tertiary/aromatic N) is 5. The van der Waals surface area contributed by atoms with Crippen LogP contribution in [0.2, 0.25) is 0 Å². The molecule has 0 unspecified atom stereocenters. The fourth-order valence-electron chi connectivity index (χ4n) is 3.59. The molecule has 160 valence electrons. The number of carbonyl (C=O) groups is 1. The summed E-state index contributed by atoms with van der Waals surface area (Å²) in [6.45, 7) is 2.87. The van der Waals surface area contributed by atoms with E-state index in [1.54, 1.807) is 24.3 Å². The molecule has 0 saturated carbocycles. The maximum absolute atomic E-state index is 12.5. The molecule has 0 radical (unpaired) electrons. The van der Waals surface area contributed by atoms with Crippen molar-refractivity contribution < 1.29 is 9.53 Å². The minimum Gasteiger partial charge on any atom is -0.487 e. The average Bonchev–Trinajstić information content (AvgIpc) is 3.43. The van der Waals surface area contributed by atoms with Gasteiger partial charge in [0.05, 0.1) is 5.69 Å². The first-order chi connectivity index (χ1) is 15.7. The summed E-state index contributed by atoms with van der Waals surface area (Å²) >= 11 is 0. The van der Waals surface area contributed by atoms with Gasteiger partial charge in [-0.2, -0.15) is 0 Å². The van der Waals surface area contributed by atoms with Crippen LogP contribution in [-0.2, 0) is 13.0 Å². The largest absolute Gasteiger partial charge is 0.487 e. The molecular formula is C24H22N6O2. The Labute approximate surface area is 184 Å². The minimum absolute atomic E-state index is 0.138. The highest BCUT2D eigenvalue weighted by Crippen LogP contribution is 2.16. The van der Waals surface area contributed by atoms with Gasteiger partial charge in [0, 0.05) is 37.1 Å². The zero-order valence-electron chi connectivity index (χ0n) is 17.6. The van der Waals surface area contributed by atoms with Gasteiger partial charge >= 0.3 is 0 Å². The highest BCUT2D eigenvalue weighted by atomic mass is 16.5. The van der Waals surface area contributed by atoms with E-state index in [2.05, 4.69) is 20.5 Å². The fourth-order valence-corrected chi connectivity index (χ4v) is 3.59. The average molecular weight is 426 g/mol. The first-order valence-corrected chi connectivity index (χ1v) is 10.4. The van der Waals surface area contributed by atoms with Crippen LogP contribution in [0, 0.1) is 6.92 Å². The molecule has 1 N–H and O–H groups in total. The first kappa shape index (κ1) is 19.7. The van der Waals surface area contributed by atoms with E-state index in [-0.39, 0.29) is 5.91 Å². The Morgan fingerprint density at radius 3 is 2.75 bits per heavy atom. The summed E-state index contributed by atoms with van der Waals surface area (Å²) in [5.74, 6) is 1.36. The molecule has 1 amide bonds. The number of aromatic nitrogens is 5. The Morgan fingerprint density at radius 1 is 1.03 bits per heavy atom. The number of hydrogen-bond donors (Lipinski definition) is 1. The summed E-state index contributed by atoms with van der Waals surface area (Å²) < 4.78 is 9.75. The maximum Gasteiger partial charge on any atom is 0.251 e. The second-order valence-electron chi connectivity index (χ2n) is 7.52. The summed E-state index contributed by atoms with van der Waals surface area (Å²) in [6, 6.07) is 16.9. The molecule has 0 fully saturated rings. The van der Waals surface area contributed by atoms with E-state index in [1.807, 2.05) is 64.6 Å². The first-order valence-electron chi connectivity index (χ1n) is 10.4. The van der Waals surface area contributed by atoms with Crippen molar-refractivity contribution in [3.63, 3.8) is 0 Å². The van der Waals surface area contributed by atoms with E-state index in [1.165, 1.54) is 0 Å². The number of nitrogens with one attached hydrogen (secondary N) is 1. The van der Waals surface area contributed by atoms with Crippen molar-refractivity contribution in [2.45, 2.75) is 20.0 Å². The lowest BCUT2D eigenvalue weighted by Crippen LogP contribution is -2.26. The van der Waals surface area contributed by atoms with Crippen molar-refractivity contribution in [2.24, 2.45) is 0 Å². The lowest BCUT2D eigenvalue weighted by molar-refractivity contribution is 0.0954. The second kappa shape index (κ2) is 8.50. The quantitative estimate of drug-likeness (QED) is 0.432. The number of pyridine rings is 2. The van der Waals surface area contributed by atoms with Crippen molar-refractivity contribution in [3.05, 3.63) is 95.8 Å². The summed E-state index contributed by atoms with van der Waals surface area (Å²) in [7, 11) is 0. The topological polar surface area (TPSA) is 85.8 Å². The molecule has 0 bridgehead atoms. The van der Waals surface area contributed by atoms with Crippen LogP contribution >= 0.6 is 0 Å². The van der Waals surface area contributed by atoms with E-state index < -0.39 is 0 Å². The molecule has 0 aliphatic carbocycles. The molecule has 4 heterocycles. The molecule has 32 heavy (non-hydrogen) atoms. The third kappa shape index (κ3) is 4.02. The van der Waals surface area contributed by atoms with Crippen molar-refractivity contribution in [2.75, 3.05) is 6.54 Å². The van der Waals surface area contributed by atoms with E-state index >= 15 is 0 Å². The van der Waals surface area contributed by atoms with Crippen LogP contribution in [-0.4, -0.2) is 36.4 Å². The van der Waals surface area contributed by atoms with Crippen LogP contribution < -0.4 is 10.1 Å². The summed E-state index contributed by atoms with van der Waals surface area (Å²) in [5, 5.41) is 11.2. The molecule has 0 spiro atoms. The molecule has 0 aliphatic heterocycles. The Kier molecular flexibility index (Phi) is 5.25. The molecule has 5 aromatic rings. The smallest absolute Gasteiger partial charge is 0.251 e. The van der Waals surface area contributed by atoms with Gasteiger partial charge in [-0.05, 0) is 55.0 Å². The van der Waals surface area contributed by atoms with Crippen LogP contribution in [0.3, 0.4) is 0 Å². The Hall–Kier alpha value is -4.20.